The lowest BCUT2D eigenvalue weighted by atomic mass is 10.0. The van der Waals surface area contributed by atoms with Crippen molar-refractivity contribution in [3.8, 4) is 5.75 Å². The van der Waals surface area contributed by atoms with Crippen LogP contribution in [0.2, 0.25) is 0 Å². The molecule has 1 atom stereocenters. The van der Waals surface area contributed by atoms with E-state index in [1.54, 1.807) is 12.0 Å². The van der Waals surface area contributed by atoms with Gasteiger partial charge in [0.25, 0.3) is 5.91 Å². The highest BCUT2D eigenvalue weighted by atomic mass is 16.5. The zero-order valence-electron chi connectivity index (χ0n) is 15.4. The summed E-state index contributed by atoms with van der Waals surface area (Å²) in [5.74, 6) is 0.532. The number of nitrogens with two attached hydrogens (primary N) is 1. The zero-order valence-corrected chi connectivity index (χ0v) is 15.4. The molecule has 0 unspecified atom stereocenters. The summed E-state index contributed by atoms with van der Waals surface area (Å²) in [6.45, 7) is 4.69. The molecule has 0 radical (unpaired) electrons. The summed E-state index contributed by atoms with van der Waals surface area (Å²) in [6.07, 6.45) is 2.61. The average Bonchev–Trinajstić information content (AvgIpc) is 2.68. The molecule has 0 aliphatic carbocycles. The third-order valence-electron chi connectivity index (χ3n) is 5.44. The summed E-state index contributed by atoms with van der Waals surface area (Å²) in [5, 5.41) is 0. The predicted molar refractivity (Wildman–Crippen MR) is 99.3 cm³/mol. The van der Waals surface area contributed by atoms with Gasteiger partial charge in [0, 0.05) is 18.3 Å². The van der Waals surface area contributed by atoms with Crippen LogP contribution in [0.5, 0.6) is 5.75 Å². The van der Waals surface area contributed by atoms with Crippen molar-refractivity contribution >= 4 is 17.5 Å². The van der Waals surface area contributed by atoms with Crippen molar-refractivity contribution in [2.75, 3.05) is 51.3 Å². The highest BCUT2D eigenvalue weighted by Crippen LogP contribution is 2.21. The molecule has 2 saturated heterocycles. The number of anilines is 1. The van der Waals surface area contributed by atoms with Crippen LogP contribution in [0, 0.1) is 0 Å². The second-order valence-corrected chi connectivity index (χ2v) is 7.12. The van der Waals surface area contributed by atoms with Gasteiger partial charge in [0.2, 0.25) is 5.91 Å². The van der Waals surface area contributed by atoms with Crippen molar-refractivity contribution < 1.29 is 19.2 Å². The highest BCUT2D eigenvalue weighted by Gasteiger charge is 2.33. The van der Waals surface area contributed by atoms with Crippen molar-refractivity contribution in [1.82, 2.24) is 4.90 Å². The van der Waals surface area contributed by atoms with Gasteiger partial charge >= 0.3 is 0 Å². The second kappa shape index (κ2) is 8.40. The Labute approximate surface area is 154 Å². The van der Waals surface area contributed by atoms with Crippen LogP contribution in [0.4, 0.5) is 5.69 Å². The third-order valence-corrected chi connectivity index (χ3v) is 5.44. The molecule has 3 N–H and O–H groups in total. The van der Waals surface area contributed by atoms with E-state index in [1.165, 1.54) is 4.90 Å². The van der Waals surface area contributed by atoms with Gasteiger partial charge in [0.05, 0.1) is 33.3 Å². The van der Waals surface area contributed by atoms with Crippen molar-refractivity contribution in [3.05, 3.63) is 24.3 Å². The van der Waals surface area contributed by atoms with Gasteiger partial charge in [-0.25, -0.2) is 0 Å². The van der Waals surface area contributed by atoms with E-state index in [0.29, 0.717) is 19.5 Å². The normalized spacial score (nSPS) is 21.5. The molecule has 1 aromatic rings. The number of carbonyl (C=O) groups is 2. The second-order valence-electron chi connectivity index (χ2n) is 7.12. The molecule has 7 nitrogen and oxygen atoms in total. The highest BCUT2D eigenvalue weighted by molar-refractivity contribution is 5.87. The molecule has 7 heteroatoms. The van der Waals surface area contributed by atoms with Gasteiger partial charge in [-0.3, -0.25) is 9.59 Å². The first-order chi connectivity index (χ1) is 12.6. The van der Waals surface area contributed by atoms with Crippen molar-refractivity contribution in [1.29, 1.82) is 0 Å². The SMILES string of the molecule is COc1cccc(N2CC[NH+](CC(=O)N3CCCC[C@H]3C(N)=O)CC2)c1. The molecule has 142 valence electrons. The molecule has 2 amide bonds. The van der Waals surface area contributed by atoms with Crippen molar-refractivity contribution in [2.24, 2.45) is 5.73 Å². The van der Waals surface area contributed by atoms with Gasteiger partial charge in [0.1, 0.15) is 11.8 Å². The number of nitrogens with one attached hydrogen (secondary N) is 1. The number of piperazine rings is 1. The fourth-order valence-electron chi connectivity index (χ4n) is 3.91. The number of benzene rings is 1. The van der Waals surface area contributed by atoms with Gasteiger partial charge in [-0.1, -0.05) is 6.07 Å². The molecule has 0 bridgehead atoms. The molecule has 0 spiro atoms. The van der Waals surface area contributed by atoms with E-state index in [4.69, 9.17) is 10.5 Å². The first-order valence-electron chi connectivity index (χ1n) is 9.40. The Morgan fingerprint density at radius 2 is 2.00 bits per heavy atom. The van der Waals surface area contributed by atoms with E-state index in [1.807, 2.05) is 18.2 Å². The maximum atomic E-state index is 12.7. The van der Waals surface area contributed by atoms with E-state index in [0.717, 1.165) is 50.5 Å². The van der Waals surface area contributed by atoms with Crippen LogP contribution in [0.15, 0.2) is 24.3 Å². The number of ether oxygens (including phenoxy) is 1. The lowest BCUT2D eigenvalue weighted by molar-refractivity contribution is -0.892. The fourth-order valence-corrected chi connectivity index (χ4v) is 3.91. The third kappa shape index (κ3) is 4.27. The van der Waals surface area contributed by atoms with Crippen LogP contribution >= 0.6 is 0 Å². The number of rotatable bonds is 5. The quantitative estimate of drug-likeness (QED) is 0.724. The zero-order chi connectivity index (χ0) is 18.5. The molecule has 2 fully saturated rings. The Balaban J connectivity index is 1.53. The van der Waals surface area contributed by atoms with Crippen molar-refractivity contribution in [3.63, 3.8) is 0 Å². The van der Waals surface area contributed by atoms with E-state index in [2.05, 4.69) is 11.0 Å². The number of primary amides is 1. The molecule has 0 aromatic heterocycles. The van der Waals surface area contributed by atoms with Gasteiger partial charge in [0.15, 0.2) is 6.54 Å². The molecule has 1 aromatic carbocycles. The molecule has 26 heavy (non-hydrogen) atoms. The van der Waals surface area contributed by atoms with Crippen LogP contribution in [-0.2, 0) is 9.59 Å². The van der Waals surface area contributed by atoms with E-state index in [9.17, 15) is 9.59 Å². The average molecular weight is 361 g/mol. The molecule has 2 aliphatic heterocycles. The van der Waals surface area contributed by atoms with Crippen LogP contribution in [0.3, 0.4) is 0 Å². The number of carbonyl (C=O) groups excluding carboxylic acids is 2. The smallest absolute Gasteiger partial charge is 0.278 e. The summed E-state index contributed by atoms with van der Waals surface area (Å²) in [6, 6.07) is 7.65. The van der Waals surface area contributed by atoms with Crippen LogP contribution in [0.1, 0.15) is 19.3 Å². The standard InChI is InChI=1S/C19H28N4O3/c1-26-16-6-4-5-15(13-16)22-11-9-21(10-12-22)14-18(24)23-8-3-2-7-17(23)19(20)25/h4-6,13,17H,2-3,7-12,14H2,1H3,(H2,20,25)/p+1/t17-/m0/s1. The molecule has 2 aliphatic rings. The minimum absolute atomic E-state index is 0.0540. The first kappa shape index (κ1) is 18.5. The Bertz CT molecular complexity index is 643. The number of likely N-dealkylation sites (tertiary alicyclic amines) is 1. The maximum absolute atomic E-state index is 12.7. The fraction of sp³-hybridized carbons (Fsp3) is 0.579. The Hall–Kier alpha value is -2.28. The summed E-state index contributed by atoms with van der Waals surface area (Å²) in [5.41, 5.74) is 6.63. The summed E-state index contributed by atoms with van der Waals surface area (Å²) < 4.78 is 5.30. The Morgan fingerprint density at radius 1 is 1.23 bits per heavy atom. The largest absolute Gasteiger partial charge is 0.497 e. The number of nitrogens with zero attached hydrogens (tertiary/aromatic N) is 2. The van der Waals surface area contributed by atoms with Crippen molar-refractivity contribution in [2.45, 2.75) is 25.3 Å². The minimum atomic E-state index is -0.422. The van der Waals surface area contributed by atoms with Crippen LogP contribution < -0.4 is 20.3 Å². The summed E-state index contributed by atoms with van der Waals surface area (Å²) >= 11 is 0. The number of piperidine rings is 1. The summed E-state index contributed by atoms with van der Waals surface area (Å²) in [7, 11) is 1.67. The van der Waals surface area contributed by atoms with E-state index < -0.39 is 6.04 Å². The van der Waals surface area contributed by atoms with Gasteiger partial charge < -0.3 is 25.2 Å². The Kier molecular flexibility index (Phi) is 5.98. The number of quaternary nitrogens is 1. The Morgan fingerprint density at radius 3 is 2.69 bits per heavy atom. The predicted octanol–water partition coefficient (Wildman–Crippen LogP) is -0.733. The van der Waals surface area contributed by atoms with Gasteiger partial charge in [-0.2, -0.15) is 0 Å². The number of hydrogen-bond donors (Lipinski definition) is 2. The first-order valence-corrected chi connectivity index (χ1v) is 9.40. The van der Waals surface area contributed by atoms with Crippen LogP contribution in [0.25, 0.3) is 0 Å². The lowest BCUT2D eigenvalue weighted by Crippen LogP contribution is -3.16. The topological polar surface area (TPSA) is 80.3 Å². The summed E-state index contributed by atoms with van der Waals surface area (Å²) in [4.78, 5) is 29.6. The molecular weight excluding hydrogens is 332 g/mol. The van der Waals surface area contributed by atoms with Gasteiger partial charge in [-0.15, -0.1) is 0 Å². The molecule has 0 saturated carbocycles. The lowest BCUT2D eigenvalue weighted by Gasteiger charge is -2.37. The van der Waals surface area contributed by atoms with Crippen LogP contribution in [-0.4, -0.2) is 69.1 Å². The molecule has 2 heterocycles. The maximum Gasteiger partial charge on any atom is 0.278 e. The number of amides is 2. The molecular formula is C19H29N4O3+. The number of hydrogen-bond acceptors (Lipinski definition) is 4. The molecule has 3 rings (SSSR count). The van der Waals surface area contributed by atoms with Gasteiger partial charge in [-0.05, 0) is 31.4 Å². The monoisotopic (exact) mass is 361 g/mol. The number of methoxy groups -OCH3 is 1. The van der Waals surface area contributed by atoms with E-state index >= 15 is 0 Å². The van der Waals surface area contributed by atoms with E-state index in [-0.39, 0.29) is 11.8 Å². The minimum Gasteiger partial charge on any atom is -0.497 e.